The molecule has 0 radical (unpaired) electrons. The molecule has 0 aliphatic rings. The first-order valence-corrected chi connectivity index (χ1v) is 5.66. The van der Waals surface area contributed by atoms with Gasteiger partial charge in [0.05, 0.1) is 0 Å². The third kappa shape index (κ3) is 3.84. The highest BCUT2D eigenvalue weighted by atomic mass is 19.1. The second-order valence-electron chi connectivity index (χ2n) is 4.13. The molecule has 0 atom stereocenters. The highest BCUT2D eigenvalue weighted by Gasteiger charge is 2.12. The van der Waals surface area contributed by atoms with Crippen LogP contribution in [0, 0.1) is 12.7 Å². The quantitative estimate of drug-likeness (QED) is 0.876. The van der Waals surface area contributed by atoms with Gasteiger partial charge in [-0.1, -0.05) is 0 Å². The van der Waals surface area contributed by atoms with Crippen LogP contribution in [0.15, 0.2) is 18.2 Å². The monoisotopic (exact) mass is 253 g/mol. The van der Waals surface area contributed by atoms with Crippen molar-refractivity contribution >= 4 is 17.6 Å². The summed E-state index contributed by atoms with van der Waals surface area (Å²) in [4.78, 5) is 23.5. The number of rotatable bonds is 5. The molecular formula is C13H16FNO3. The van der Waals surface area contributed by atoms with Crippen molar-refractivity contribution in [3.05, 3.63) is 29.6 Å². The summed E-state index contributed by atoms with van der Waals surface area (Å²) < 4.78 is 13.1. The summed E-state index contributed by atoms with van der Waals surface area (Å²) >= 11 is 0. The van der Waals surface area contributed by atoms with E-state index >= 15 is 0 Å². The lowest BCUT2D eigenvalue weighted by molar-refractivity contribution is -0.137. The van der Waals surface area contributed by atoms with Gasteiger partial charge in [0.1, 0.15) is 5.82 Å². The number of amides is 1. The van der Waals surface area contributed by atoms with Gasteiger partial charge in [-0.2, -0.15) is 0 Å². The number of aryl methyl sites for hydroxylation is 1. The van der Waals surface area contributed by atoms with E-state index < -0.39 is 5.97 Å². The van der Waals surface area contributed by atoms with Crippen LogP contribution < -0.4 is 4.90 Å². The number of hydrogen-bond acceptors (Lipinski definition) is 2. The van der Waals surface area contributed by atoms with Gasteiger partial charge >= 0.3 is 5.97 Å². The second kappa shape index (κ2) is 6.14. The highest BCUT2D eigenvalue weighted by molar-refractivity contribution is 5.93. The Bertz CT molecular complexity index is 460. The summed E-state index contributed by atoms with van der Waals surface area (Å²) in [6.45, 7) is 1.63. The van der Waals surface area contributed by atoms with Crippen molar-refractivity contribution in [3.63, 3.8) is 0 Å². The number of carboxylic acid groups (broad SMARTS) is 1. The van der Waals surface area contributed by atoms with Crippen molar-refractivity contribution in [2.75, 3.05) is 11.9 Å². The molecule has 1 aromatic rings. The normalized spacial score (nSPS) is 10.2. The number of hydrogen-bond donors (Lipinski definition) is 1. The number of benzene rings is 1. The Labute approximate surface area is 105 Å². The lowest BCUT2D eigenvalue weighted by atomic mass is 10.1. The predicted octanol–water partition coefficient (Wildman–Crippen LogP) is 2.35. The SMILES string of the molecule is Cc1cc(N(C)C(=O)CCCC(=O)O)ccc1F. The smallest absolute Gasteiger partial charge is 0.303 e. The summed E-state index contributed by atoms with van der Waals surface area (Å²) in [5.41, 5.74) is 1.08. The van der Waals surface area contributed by atoms with Gasteiger partial charge in [0.25, 0.3) is 0 Å². The molecule has 1 amide bonds. The molecule has 0 aliphatic heterocycles. The largest absolute Gasteiger partial charge is 0.481 e. The summed E-state index contributed by atoms with van der Waals surface area (Å²) in [6.07, 6.45) is 0.444. The lowest BCUT2D eigenvalue weighted by Gasteiger charge is -2.17. The average Bonchev–Trinajstić information content (AvgIpc) is 2.31. The molecule has 0 unspecified atom stereocenters. The van der Waals surface area contributed by atoms with E-state index in [0.717, 1.165) is 0 Å². The fourth-order valence-electron chi connectivity index (χ4n) is 1.54. The molecule has 0 fully saturated rings. The maximum absolute atomic E-state index is 13.1. The van der Waals surface area contributed by atoms with Crippen LogP contribution >= 0.6 is 0 Å². The number of nitrogens with zero attached hydrogens (tertiary/aromatic N) is 1. The molecule has 0 heterocycles. The molecule has 5 heteroatoms. The van der Waals surface area contributed by atoms with E-state index in [4.69, 9.17) is 5.11 Å². The second-order valence-corrected chi connectivity index (χ2v) is 4.13. The Morgan fingerprint density at radius 2 is 2.00 bits per heavy atom. The first-order valence-electron chi connectivity index (χ1n) is 5.66. The minimum Gasteiger partial charge on any atom is -0.481 e. The number of halogens is 1. The molecule has 4 nitrogen and oxygen atoms in total. The van der Waals surface area contributed by atoms with Crippen LogP contribution in [0.4, 0.5) is 10.1 Å². The Morgan fingerprint density at radius 1 is 1.33 bits per heavy atom. The minimum atomic E-state index is -0.914. The van der Waals surface area contributed by atoms with Gasteiger partial charge in [-0.15, -0.1) is 0 Å². The summed E-state index contributed by atoms with van der Waals surface area (Å²) in [6, 6.07) is 4.42. The summed E-state index contributed by atoms with van der Waals surface area (Å²) in [7, 11) is 1.59. The Hall–Kier alpha value is -1.91. The molecule has 18 heavy (non-hydrogen) atoms. The van der Waals surface area contributed by atoms with Crippen molar-refractivity contribution in [2.24, 2.45) is 0 Å². The predicted molar refractivity (Wildman–Crippen MR) is 66.0 cm³/mol. The molecule has 1 N–H and O–H groups in total. The van der Waals surface area contributed by atoms with Gasteiger partial charge in [0, 0.05) is 25.6 Å². The molecule has 0 saturated heterocycles. The number of carbonyl (C=O) groups is 2. The fourth-order valence-corrected chi connectivity index (χ4v) is 1.54. The zero-order chi connectivity index (χ0) is 13.7. The van der Waals surface area contributed by atoms with E-state index in [9.17, 15) is 14.0 Å². The van der Waals surface area contributed by atoms with E-state index in [1.54, 1.807) is 20.0 Å². The Kier molecular flexibility index (Phi) is 4.83. The number of aliphatic carboxylic acids is 1. The zero-order valence-corrected chi connectivity index (χ0v) is 10.4. The average molecular weight is 253 g/mol. The molecule has 0 spiro atoms. The number of carbonyl (C=O) groups excluding carboxylic acids is 1. The molecule has 98 valence electrons. The van der Waals surface area contributed by atoms with E-state index in [-0.39, 0.29) is 24.6 Å². The molecule has 1 aromatic carbocycles. The van der Waals surface area contributed by atoms with Gasteiger partial charge in [0.15, 0.2) is 0 Å². The van der Waals surface area contributed by atoms with Gasteiger partial charge in [-0.25, -0.2) is 4.39 Å². The van der Waals surface area contributed by atoms with Gasteiger partial charge in [-0.3, -0.25) is 9.59 Å². The standard InChI is InChI=1S/C13H16FNO3/c1-9-8-10(6-7-11(9)14)15(2)12(16)4-3-5-13(17)18/h6-8H,3-5H2,1-2H3,(H,17,18). The summed E-state index contributed by atoms with van der Waals surface area (Å²) in [5.74, 6) is -1.41. The van der Waals surface area contributed by atoms with Crippen LogP contribution in [0.2, 0.25) is 0 Å². The van der Waals surface area contributed by atoms with Crippen LogP contribution in [0.25, 0.3) is 0 Å². The molecule has 0 saturated carbocycles. The first kappa shape index (κ1) is 14.2. The van der Waals surface area contributed by atoms with Gasteiger partial charge in [0.2, 0.25) is 5.91 Å². The van der Waals surface area contributed by atoms with Crippen LogP contribution in [-0.2, 0) is 9.59 Å². The highest BCUT2D eigenvalue weighted by Crippen LogP contribution is 2.18. The van der Waals surface area contributed by atoms with E-state index in [1.165, 1.54) is 17.0 Å². The molecule has 0 bridgehead atoms. The number of anilines is 1. The molecular weight excluding hydrogens is 237 g/mol. The van der Waals surface area contributed by atoms with Crippen LogP contribution in [-0.4, -0.2) is 24.0 Å². The molecule has 1 rings (SSSR count). The third-order valence-corrected chi connectivity index (χ3v) is 2.68. The van der Waals surface area contributed by atoms with Crippen molar-refractivity contribution in [3.8, 4) is 0 Å². The maximum Gasteiger partial charge on any atom is 0.303 e. The molecule has 0 aliphatic carbocycles. The van der Waals surface area contributed by atoms with E-state index in [2.05, 4.69) is 0 Å². The fraction of sp³-hybridized carbons (Fsp3) is 0.385. The van der Waals surface area contributed by atoms with Crippen LogP contribution in [0.5, 0.6) is 0 Å². The Morgan fingerprint density at radius 3 is 2.56 bits per heavy atom. The van der Waals surface area contributed by atoms with Gasteiger partial charge in [-0.05, 0) is 37.1 Å². The first-order chi connectivity index (χ1) is 8.41. The van der Waals surface area contributed by atoms with Crippen LogP contribution in [0.1, 0.15) is 24.8 Å². The summed E-state index contributed by atoms with van der Waals surface area (Å²) in [5, 5.41) is 8.48. The minimum absolute atomic E-state index is 0.0258. The zero-order valence-electron chi connectivity index (χ0n) is 10.4. The lowest BCUT2D eigenvalue weighted by Crippen LogP contribution is -2.26. The third-order valence-electron chi connectivity index (χ3n) is 2.68. The maximum atomic E-state index is 13.1. The van der Waals surface area contributed by atoms with Crippen molar-refractivity contribution in [2.45, 2.75) is 26.2 Å². The molecule has 0 aromatic heterocycles. The van der Waals surface area contributed by atoms with Crippen LogP contribution in [0.3, 0.4) is 0 Å². The van der Waals surface area contributed by atoms with E-state index in [1.807, 2.05) is 0 Å². The van der Waals surface area contributed by atoms with Crippen molar-refractivity contribution < 1.29 is 19.1 Å². The Balaban J connectivity index is 2.62. The topological polar surface area (TPSA) is 57.6 Å². The van der Waals surface area contributed by atoms with Crippen molar-refractivity contribution in [1.29, 1.82) is 0 Å². The van der Waals surface area contributed by atoms with Crippen molar-refractivity contribution in [1.82, 2.24) is 0 Å². The number of carboxylic acids is 1. The van der Waals surface area contributed by atoms with Gasteiger partial charge < -0.3 is 10.0 Å². The van der Waals surface area contributed by atoms with E-state index in [0.29, 0.717) is 17.7 Å².